The van der Waals surface area contributed by atoms with Crippen molar-refractivity contribution in [1.82, 2.24) is 4.57 Å². The van der Waals surface area contributed by atoms with Gasteiger partial charge in [0.1, 0.15) is 0 Å². The maximum absolute atomic E-state index is 11.1. The van der Waals surface area contributed by atoms with E-state index in [2.05, 4.69) is 0 Å². The predicted octanol–water partition coefficient (Wildman–Crippen LogP) is 0.590. The van der Waals surface area contributed by atoms with Crippen molar-refractivity contribution >= 4 is 5.78 Å². The number of hydrogen-bond acceptors (Lipinski definition) is 2. The second-order valence-electron chi connectivity index (χ2n) is 2.40. The van der Waals surface area contributed by atoms with Crippen molar-refractivity contribution in [3.8, 4) is 0 Å². The number of aromatic nitrogens is 1. The van der Waals surface area contributed by atoms with Gasteiger partial charge in [0.2, 0.25) is 0 Å². The molecule has 1 aromatic heterocycles. The Morgan fingerprint density at radius 3 is 2.91 bits per heavy atom. The molecule has 0 spiro atoms. The molecule has 0 bridgehead atoms. The summed E-state index contributed by atoms with van der Waals surface area (Å²) in [5, 5.41) is 8.50. The molecule has 11 heavy (non-hydrogen) atoms. The van der Waals surface area contributed by atoms with E-state index >= 15 is 0 Å². The van der Waals surface area contributed by atoms with Crippen LogP contribution in [0.3, 0.4) is 0 Å². The van der Waals surface area contributed by atoms with Gasteiger partial charge in [0.25, 0.3) is 0 Å². The van der Waals surface area contributed by atoms with Gasteiger partial charge in [-0.1, -0.05) is 0 Å². The van der Waals surface area contributed by atoms with Crippen LogP contribution in [0.5, 0.6) is 0 Å². The van der Waals surface area contributed by atoms with Crippen LogP contribution in [0.1, 0.15) is 16.9 Å². The Kier molecular flexibility index (Phi) is 2.44. The summed E-state index contributed by atoms with van der Waals surface area (Å²) in [4.78, 5) is 11.1. The third-order valence-corrected chi connectivity index (χ3v) is 1.57. The van der Waals surface area contributed by atoms with E-state index in [0.717, 1.165) is 0 Å². The van der Waals surface area contributed by atoms with Gasteiger partial charge < -0.3 is 9.67 Å². The molecule has 0 radical (unpaired) electrons. The quantitative estimate of drug-likeness (QED) is 0.646. The van der Waals surface area contributed by atoms with Crippen molar-refractivity contribution in [2.45, 2.75) is 6.42 Å². The minimum absolute atomic E-state index is 0.0139. The maximum Gasteiger partial charge on any atom is 0.181 e. The van der Waals surface area contributed by atoms with Crippen LogP contribution in [-0.2, 0) is 7.05 Å². The number of aryl methyl sites for hydroxylation is 1. The van der Waals surface area contributed by atoms with Gasteiger partial charge in [0.15, 0.2) is 5.78 Å². The minimum atomic E-state index is -0.0794. The molecule has 0 aliphatic carbocycles. The highest BCUT2D eigenvalue weighted by molar-refractivity contribution is 5.94. The number of rotatable bonds is 3. The zero-order chi connectivity index (χ0) is 8.27. The minimum Gasteiger partial charge on any atom is -0.396 e. The van der Waals surface area contributed by atoms with Crippen molar-refractivity contribution in [1.29, 1.82) is 0 Å². The number of carbonyl (C=O) groups is 1. The largest absolute Gasteiger partial charge is 0.396 e. The average Bonchev–Trinajstić information content (AvgIpc) is 2.36. The summed E-state index contributed by atoms with van der Waals surface area (Å²) in [6, 6.07) is 3.56. The van der Waals surface area contributed by atoms with Gasteiger partial charge >= 0.3 is 0 Å². The fraction of sp³-hybridized carbons (Fsp3) is 0.375. The summed E-state index contributed by atoms with van der Waals surface area (Å²) in [5.41, 5.74) is 0.652. The highest BCUT2D eigenvalue weighted by Gasteiger charge is 2.06. The van der Waals surface area contributed by atoms with Crippen LogP contribution < -0.4 is 0 Å². The lowest BCUT2D eigenvalue weighted by atomic mass is 10.2. The first kappa shape index (κ1) is 8.01. The molecule has 0 aromatic carbocycles. The summed E-state index contributed by atoms with van der Waals surface area (Å²) in [6.45, 7) is -0.0794. The van der Waals surface area contributed by atoms with Gasteiger partial charge in [-0.15, -0.1) is 0 Å². The standard InChI is InChI=1S/C8H11NO2/c1-9-5-2-3-7(9)8(11)4-6-10/h2-3,5,10H,4,6H2,1H3. The number of carbonyl (C=O) groups excluding carboxylic acids is 1. The van der Waals surface area contributed by atoms with Crippen molar-refractivity contribution < 1.29 is 9.90 Å². The van der Waals surface area contributed by atoms with Gasteiger partial charge in [-0.2, -0.15) is 0 Å². The molecule has 0 unspecified atom stereocenters. The van der Waals surface area contributed by atoms with Crippen molar-refractivity contribution in [2.24, 2.45) is 7.05 Å². The zero-order valence-electron chi connectivity index (χ0n) is 6.45. The summed E-state index contributed by atoms with van der Waals surface area (Å²) in [7, 11) is 1.81. The van der Waals surface area contributed by atoms with Gasteiger partial charge in [-0.25, -0.2) is 0 Å². The SMILES string of the molecule is Cn1cccc1C(=O)CCO. The topological polar surface area (TPSA) is 42.2 Å². The Hall–Kier alpha value is -1.09. The molecule has 1 N–H and O–H groups in total. The number of nitrogens with zero attached hydrogens (tertiary/aromatic N) is 1. The average molecular weight is 153 g/mol. The molecular weight excluding hydrogens is 142 g/mol. The smallest absolute Gasteiger partial charge is 0.181 e. The van der Waals surface area contributed by atoms with Crippen molar-refractivity contribution in [3.05, 3.63) is 24.0 Å². The second kappa shape index (κ2) is 3.34. The molecule has 0 amide bonds. The molecule has 1 heterocycles. The summed E-state index contributed by atoms with van der Waals surface area (Å²) < 4.78 is 1.75. The van der Waals surface area contributed by atoms with Gasteiger partial charge in [-0.3, -0.25) is 4.79 Å². The van der Waals surface area contributed by atoms with Crippen LogP contribution in [0, 0.1) is 0 Å². The van der Waals surface area contributed by atoms with Crippen molar-refractivity contribution in [2.75, 3.05) is 6.61 Å². The molecule has 3 heteroatoms. The number of Topliss-reactive ketones (excluding diaryl/α,β-unsaturated/α-hetero) is 1. The van der Waals surface area contributed by atoms with Crippen LogP contribution in [0.15, 0.2) is 18.3 Å². The lowest BCUT2D eigenvalue weighted by molar-refractivity contribution is 0.0949. The van der Waals surface area contributed by atoms with Crippen molar-refractivity contribution in [3.63, 3.8) is 0 Å². The fourth-order valence-corrected chi connectivity index (χ4v) is 0.980. The van der Waals surface area contributed by atoms with Crippen LogP contribution in [0.25, 0.3) is 0 Å². The molecule has 60 valence electrons. The van der Waals surface area contributed by atoms with Gasteiger partial charge in [0.05, 0.1) is 12.3 Å². The first-order valence-electron chi connectivity index (χ1n) is 3.51. The van der Waals surface area contributed by atoms with E-state index in [9.17, 15) is 4.79 Å². The van der Waals surface area contributed by atoms with Crippen LogP contribution in [-0.4, -0.2) is 22.1 Å². The normalized spacial score (nSPS) is 10.0. The Morgan fingerprint density at radius 2 is 2.45 bits per heavy atom. The molecule has 0 aliphatic rings. The van der Waals surface area contributed by atoms with Crippen LogP contribution >= 0.6 is 0 Å². The first-order valence-corrected chi connectivity index (χ1v) is 3.51. The molecule has 3 nitrogen and oxygen atoms in total. The number of aliphatic hydroxyl groups is 1. The molecule has 0 atom stereocenters. The van der Waals surface area contributed by atoms with E-state index in [1.807, 2.05) is 19.3 Å². The van der Waals surface area contributed by atoms with E-state index in [1.165, 1.54) is 0 Å². The monoisotopic (exact) mass is 153 g/mol. The number of ketones is 1. The van der Waals surface area contributed by atoms with E-state index in [4.69, 9.17) is 5.11 Å². The highest BCUT2D eigenvalue weighted by atomic mass is 16.3. The molecular formula is C8H11NO2. The molecule has 0 fully saturated rings. The third-order valence-electron chi connectivity index (χ3n) is 1.57. The van der Waals surface area contributed by atoms with Crippen LogP contribution in [0.2, 0.25) is 0 Å². The third kappa shape index (κ3) is 1.68. The fourth-order valence-electron chi connectivity index (χ4n) is 0.980. The summed E-state index contributed by atoms with van der Waals surface area (Å²) >= 11 is 0. The second-order valence-corrected chi connectivity index (χ2v) is 2.40. The lowest BCUT2D eigenvalue weighted by Crippen LogP contribution is -2.06. The Balaban J connectivity index is 2.76. The van der Waals surface area contributed by atoms with Gasteiger partial charge in [-0.05, 0) is 12.1 Å². The molecule has 1 rings (SSSR count). The predicted molar refractivity (Wildman–Crippen MR) is 41.4 cm³/mol. The lowest BCUT2D eigenvalue weighted by Gasteiger charge is -1.99. The zero-order valence-corrected chi connectivity index (χ0v) is 6.45. The Labute approximate surface area is 65.3 Å². The maximum atomic E-state index is 11.1. The number of aliphatic hydroxyl groups excluding tert-OH is 1. The number of hydrogen-bond donors (Lipinski definition) is 1. The highest BCUT2D eigenvalue weighted by Crippen LogP contribution is 2.02. The van der Waals surface area contributed by atoms with Gasteiger partial charge in [0, 0.05) is 19.7 Å². The van der Waals surface area contributed by atoms with E-state index in [-0.39, 0.29) is 18.8 Å². The summed E-state index contributed by atoms with van der Waals surface area (Å²) in [5.74, 6) is -0.0139. The van der Waals surface area contributed by atoms with E-state index in [1.54, 1.807) is 10.6 Å². The first-order chi connectivity index (χ1) is 5.25. The van der Waals surface area contributed by atoms with Crippen LogP contribution in [0.4, 0.5) is 0 Å². The van der Waals surface area contributed by atoms with E-state index < -0.39 is 0 Å². The summed E-state index contributed by atoms with van der Waals surface area (Å²) in [6.07, 6.45) is 2.02. The molecule has 1 aromatic rings. The molecule has 0 aliphatic heterocycles. The Bertz CT molecular complexity index is 252. The van der Waals surface area contributed by atoms with E-state index in [0.29, 0.717) is 5.69 Å². The molecule has 0 saturated heterocycles. The molecule has 0 saturated carbocycles. The Morgan fingerprint density at radius 1 is 1.73 bits per heavy atom.